The average Bonchev–Trinajstić information content (AvgIpc) is 2.84. The van der Waals surface area contributed by atoms with Crippen LogP contribution in [0, 0.1) is 0 Å². The molecule has 20 heavy (non-hydrogen) atoms. The lowest BCUT2D eigenvalue weighted by Gasteiger charge is -2.07. The maximum absolute atomic E-state index is 12.1. The molecule has 0 aliphatic carbocycles. The summed E-state index contributed by atoms with van der Waals surface area (Å²) in [4.78, 5) is 36.5. The van der Waals surface area contributed by atoms with Gasteiger partial charge in [-0.15, -0.1) is 11.3 Å². The van der Waals surface area contributed by atoms with Gasteiger partial charge in [-0.2, -0.15) is 0 Å². The van der Waals surface area contributed by atoms with Crippen LogP contribution in [-0.2, 0) is 13.1 Å². The monoisotopic (exact) mass is 356 g/mol. The van der Waals surface area contributed by atoms with Crippen molar-refractivity contribution in [3.63, 3.8) is 0 Å². The summed E-state index contributed by atoms with van der Waals surface area (Å²) in [6.45, 7) is 2.24. The summed E-state index contributed by atoms with van der Waals surface area (Å²) in [5, 5.41) is 0. The lowest BCUT2D eigenvalue weighted by molar-refractivity contribution is 0.0972. The van der Waals surface area contributed by atoms with Gasteiger partial charge < -0.3 is 4.57 Å². The highest BCUT2D eigenvalue weighted by atomic mass is 79.9. The Balaban J connectivity index is 2.34. The van der Waals surface area contributed by atoms with E-state index in [0.29, 0.717) is 11.4 Å². The first-order valence-corrected chi connectivity index (χ1v) is 7.72. The standard InChI is InChI=1S/C13H13BrN2O3S/c1-2-6-15-7-5-12(18)16(13(15)19)8-9(17)10-3-4-11(14)20-10/h3-5,7H,2,6,8H2,1H3. The Kier molecular flexibility index (Phi) is 4.72. The molecule has 2 rings (SSSR count). The largest absolute Gasteiger partial charge is 0.331 e. The van der Waals surface area contributed by atoms with E-state index in [-0.39, 0.29) is 12.3 Å². The van der Waals surface area contributed by atoms with E-state index < -0.39 is 11.2 Å². The van der Waals surface area contributed by atoms with Gasteiger partial charge in [0.15, 0.2) is 5.78 Å². The summed E-state index contributed by atoms with van der Waals surface area (Å²) < 4.78 is 3.26. The summed E-state index contributed by atoms with van der Waals surface area (Å²) in [6, 6.07) is 4.76. The quantitative estimate of drug-likeness (QED) is 0.771. The van der Waals surface area contributed by atoms with Crippen molar-refractivity contribution >= 4 is 33.0 Å². The first-order valence-electron chi connectivity index (χ1n) is 6.11. The molecule has 0 aliphatic rings. The van der Waals surface area contributed by atoms with Gasteiger partial charge in [0.25, 0.3) is 5.56 Å². The van der Waals surface area contributed by atoms with E-state index >= 15 is 0 Å². The third kappa shape index (κ3) is 3.16. The minimum Gasteiger partial charge on any atom is -0.300 e. The first-order chi connectivity index (χ1) is 9.52. The number of halogens is 1. The van der Waals surface area contributed by atoms with Gasteiger partial charge in [0, 0.05) is 18.8 Å². The van der Waals surface area contributed by atoms with Crippen molar-refractivity contribution in [3.8, 4) is 0 Å². The number of rotatable bonds is 5. The highest BCUT2D eigenvalue weighted by Crippen LogP contribution is 2.22. The summed E-state index contributed by atoms with van der Waals surface area (Å²) in [6.07, 6.45) is 2.25. The van der Waals surface area contributed by atoms with E-state index in [1.807, 2.05) is 6.92 Å². The molecule has 0 saturated carbocycles. The van der Waals surface area contributed by atoms with Crippen molar-refractivity contribution in [3.05, 3.63) is 53.9 Å². The fourth-order valence-corrected chi connectivity index (χ4v) is 3.12. The van der Waals surface area contributed by atoms with E-state index in [4.69, 9.17) is 0 Å². The predicted octanol–water partition coefficient (Wildman–Crippen LogP) is 2.13. The molecule has 0 atom stereocenters. The van der Waals surface area contributed by atoms with Gasteiger partial charge in [-0.25, -0.2) is 4.79 Å². The molecule has 0 amide bonds. The van der Waals surface area contributed by atoms with Crippen molar-refractivity contribution in [1.29, 1.82) is 0 Å². The van der Waals surface area contributed by atoms with Crippen LogP contribution in [0.3, 0.4) is 0 Å². The fraction of sp³-hybridized carbons (Fsp3) is 0.308. The Morgan fingerprint density at radius 2 is 2.05 bits per heavy atom. The smallest absolute Gasteiger partial charge is 0.300 e. The van der Waals surface area contributed by atoms with Crippen molar-refractivity contribution in [2.24, 2.45) is 0 Å². The second-order valence-corrected chi connectivity index (χ2v) is 6.71. The number of nitrogens with zero attached hydrogens (tertiary/aromatic N) is 2. The molecule has 2 aromatic heterocycles. The van der Waals surface area contributed by atoms with E-state index in [0.717, 1.165) is 14.8 Å². The number of thiophene rings is 1. The number of ketones is 1. The fourth-order valence-electron chi connectivity index (χ4n) is 1.80. The summed E-state index contributed by atoms with van der Waals surface area (Å²) in [7, 11) is 0. The van der Waals surface area contributed by atoms with Crippen LogP contribution in [0.1, 0.15) is 23.0 Å². The van der Waals surface area contributed by atoms with Crippen molar-refractivity contribution in [1.82, 2.24) is 9.13 Å². The minimum atomic E-state index is -0.452. The van der Waals surface area contributed by atoms with E-state index in [2.05, 4.69) is 15.9 Å². The molecule has 0 spiro atoms. The topological polar surface area (TPSA) is 61.1 Å². The van der Waals surface area contributed by atoms with Gasteiger partial charge in [-0.3, -0.25) is 14.2 Å². The number of aromatic nitrogens is 2. The first kappa shape index (κ1) is 14.9. The highest BCUT2D eigenvalue weighted by molar-refractivity contribution is 9.11. The Morgan fingerprint density at radius 1 is 1.30 bits per heavy atom. The van der Waals surface area contributed by atoms with Gasteiger partial charge in [-0.05, 0) is 34.5 Å². The normalized spacial score (nSPS) is 10.7. The van der Waals surface area contributed by atoms with Gasteiger partial charge >= 0.3 is 5.69 Å². The van der Waals surface area contributed by atoms with Crippen LogP contribution in [0.4, 0.5) is 0 Å². The van der Waals surface area contributed by atoms with Crippen LogP contribution in [0.2, 0.25) is 0 Å². The molecule has 0 aliphatic heterocycles. The number of Topliss-reactive ketones (excluding diaryl/α,β-unsaturated/α-hetero) is 1. The maximum atomic E-state index is 12.1. The van der Waals surface area contributed by atoms with E-state index in [1.54, 1.807) is 12.1 Å². The van der Waals surface area contributed by atoms with Gasteiger partial charge in [0.2, 0.25) is 0 Å². The molecule has 0 aromatic carbocycles. The van der Waals surface area contributed by atoms with Crippen LogP contribution in [-0.4, -0.2) is 14.9 Å². The molecule has 0 N–H and O–H groups in total. The number of hydrogen-bond donors (Lipinski definition) is 0. The minimum absolute atomic E-state index is 0.227. The van der Waals surface area contributed by atoms with Gasteiger partial charge in [0.1, 0.15) is 0 Å². The lowest BCUT2D eigenvalue weighted by Crippen LogP contribution is -2.40. The second kappa shape index (κ2) is 6.32. The van der Waals surface area contributed by atoms with Crippen molar-refractivity contribution in [2.45, 2.75) is 26.4 Å². The lowest BCUT2D eigenvalue weighted by atomic mass is 10.3. The maximum Gasteiger partial charge on any atom is 0.331 e. The van der Waals surface area contributed by atoms with Crippen LogP contribution in [0.15, 0.2) is 37.8 Å². The zero-order chi connectivity index (χ0) is 14.7. The summed E-state index contributed by atoms with van der Waals surface area (Å²) in [5.74, 6) is -0.242. The average molecular weight is 357 g/mol. The number of carbonyl (C=O) groups is 1. The molecule has 0 radical (unpaired) electrons. The number of aryl methyl sites for hydroxylation is 1. The van der Waals surface area contributed by atoms with Crippen molar-refractivity contribution in [2.75, 3.05) is 0 Å². The van der Waals surface area contributed by atoms with Gasteiger partial charge in [-0.1, -0.05) is 6.92 Å². The third-order valence-corrected chi connectivity index (χ3v) is 4.42. The predicted molar refractivity (Wildman–Crippen MR) is 81.6 cm³/mol. The molecule has 0 saturated heterocycles. The van der Waals surface area contributed by atoms with E-state index in [9.17, 15) is 14.4 Å². The number of carbonyl (C=O) groups excluding carboxylic acids is 1. The third-order valence-electron chi connectivity index (χ3n) is 2.75. The zero-order valence-electron chi connectivity index (χ0n) is 10.8. The molecule has 0 bridgehead atoms. The molecular weight excluding hydrogens is 344 g/mol. The zero-order valence-corrected chi connectivity index (χ0v) is 13.2. The van der Waals surface area contributed by atoms with Crippen molar-refractivity contribution < 1.29 is 4.79 Å². The molecule has 0 unspecified atom stereocenters. The molecule has 2 heterocycles. The molecule has 2 aromatic rings. The van der Waals surface area contributed by atoms with Crippen LogP contribution in [0.5, 0.6) is 0 Å². The van der Waals surface area contributed by atoms with Crippen LogP contribution >= 0.6 is 27.3 Å². The summed E-state index contributed by atoms with van der Waals surface area (Å²) in [5.41, 5.74) is -0.894. The molecule has 106 valence electrons. The SMILES string of the molecule is CCCn1ccc(=O)n(CC(=O)c2ccc(Br)s2)c1=O. The Morgan fingerprint density at radius 3 is 2.65 bits per heavy atom. The molecule has 5 nitrogen and oxygen atoms in total. The second-order valence-electron chi connectivity index (χ2n) is 4.24. The Labute approximate surface area is 127 Å². The van der Waals surface area contributed by atoms with Gasteiger partial charge in [0.05, 0.1) is 15.2 Å². The highest BCUT2D eigenvalue weighted by Gasteiger charge is 2.13. The molecule has 0 fully saturated rings. The molecular formula is C13H13BrN2O3S. The van der Waals surface area contributed by atoms with Crippen LogP contribution < -0.4 is 11.2 Å². The van der Waals surface area contributed by atoms with Crippen LogP contribution in [0.25, 0.3) is 0 Å². The van der Waals surface area contributed by atoms with E-state index in [1.165, 1.54) is 28.2 Å². The summed E-state index contributed by atoms with van der Waals surface area (Å²) >= 11 is 4.56. The molecule has 7 heteroatoms. The number of hydrogen-bond acceptors (Lipinski definition) is 4. The Bertz CT molecular complexity index is 745. The Hall–Kier alpha value is -1.47.